The number of rotatable bonds is 5. The van der Waals surface area contributed by atoms with E-state index in [2.05, 4.69) is 183 Å². The molecule has 0 N–H and O–H groups in total. The smallest absolute Gasteiger partial charge is 0.137 e. The van der Waals surface area contributed by atoms with Crippen LogP contribution in [0.25, 0.3) is 55.3 Å². The topological polar surface area (TPSA) is 16.4 Å². The third-order valence-corrected chi connectivity index (χ3v) is 9.88. The number of nitrogens with zero attached hydrogens (tertiary/aromatic N) is 1. The summed E-state index contributed by atoms with van der Waals surface area (Å²) in [5.74, 6) is 0. The van der Waals surface area contributed by atoms with E-state index < -0.39 is 0 Å². The van der Waals surface area contributed by atoms with Crippen LogP contribution in [0.2, 0.25) is 0 Å². The number of hydrogen-bond acceptors (Lipinski definition) is 2. The summed E-state index contributed by atoms with van der Waals surface area (Å²) >= 11 is 0. The van der Waals surface area contributed by atoms with Crippen LogP contribution in [0.3, 0.4) is 0 Å². The van der Waals surface area contributed by atoms with E-state index in [1.54, 1.807) is 0 Å². The van der Waals surface area contributed by atoms with Gasteiger partial charge in [-0.3, -0.25) is 0 Å². The highest BCUT2D eigenvalue weighted by molar-refractivity contribution is 6.14. The van der Waals surface area contributed by atoms with Crippen molar-refractivity contribution >= 4 is 39.0 Å². The van der Waals surface area contributed by atoms with Crippen LogP contribution in [0.1, 0.15) is 25.0 Å². The van der Waals surface area contributed by atoms with Gasteiger partial charge in [0.1, 0.15) is 11.2 Å². The maximum Gasteiger partial charge on any atom is 0.137 e. The summed E-state index contributed by atoms with van der Waals surface area (Å²) in [5.41, 5.74) is 15.0. The molecule has 0 fully saturated rings. The summed E-state index contributed by atoms with van der Waals surface area (Å²) in [4.78, 5) is 2.44. The fourth-order valence-corrected chi connectivity index (χ4v) is 7.57. The quantitative estimate of drug-likeness (QED) is 0.195. The van der Waals surface area contributed by atoms with E-state index >= 15 is 0 Å². The summed E-state index contributed by atoms with van der Waals surface area (Å²) < 4.78 is 6.61. The molecule has 2 heteroatoms. The van der Waals surface area contributed by atoms with Crippen molar-refractivity contribution in [2.75, 3.05) is 4.90 Å². The summed E-state index contributed by atoms with van der Waals surface area (Å²) in [5, 5.41) is 2.21. The SMILES string of the molecule is CC1(C)c2ccccc2-c2c(N(c3ccc(-c4ccccc4)cc3)c3cccc4oc5cc(-c6ccccc6)ccc5c34)cccc21. The Morgan fingerprint density at radius 2 is 1.06 bits per heavy atom. The molecule has 0 atom stereocenters. The van der Waals surface area contributed by atoms with Crippen molar-refractivity contribution in [3.63, 3.8) is 0 Å². The van der Waals surface area contributed by atoms with Crippen molar-refractivity contribution in [2.45, 2.75) is 19.3 Å². The molecule has 1 aliphatic rings. The van der Waals surface area contributed by atoms with Gasteiger partial charge < -0.3 is 9.32 Å². The van der Waals surface area contributed by atoms with E-state index in [0.717, 1.165) is 44.6 Å². The minimum absolute atomic E-state index is 0.104. The Bertz CT molecular complexity index is 2420. The molecule has 0 radical (unpaired) electrons. The number of benzene rings is 7. The van der Waals surface area contributed by atoms with Gasteiger partial charge in [0.2, 0.25) is 0 Å². The molecule has 0 aliphatic heterocycles. The predicted molar refractivity (Wildman–Crippen MR) is 197 cm³/mol. The van der Waals surface area contributed by atoms with Crippen molar-refractivity contribution in [1.29, 1.82) is 0 Å². The van der Waals surface area contributed by atoms with E-state index in [4.69, 9.17) is 4.42 Å². The number of hydrogen-bond donors (Lipinski definition) is 0. The maximum absolute atomic E-state index is 6.61. The molecule has 8 aromatic rings. The van der Waals surface area contributed by atoms with Crippen molar-refractivity contribution in [3.8, 4) is 33.4 Å². The van der Waals surface area contributed by atoms with Crippen molar-refractivity contribution < 1.29 is 4.42 Å². The molecule has 1 aromatic heterocycles. The zero-order valence-electron chi connectivity index (χ0n) is 26.4. The Morgan fingerprint density at radius 1 is 0.468 bits per heavy atom. The van der Waals surface area contributed by atoms with Crippen molar-refractivity contribution in [3.05, 3.63) is 175 Å². The lowest BCUT2D eigenvalue weighted by Crippen LogP contribution is -2.16. The molecule has 0 unspecified atom stereocenters. The molecule has 2 nitrogen and oxygen atoms in total. The standard InChI is InChI=1S/C45H33NO/c1-45(2)37-18-10-9-17-35(37)43-38(45)19-11-20-39(43)46(34-26-23-32(24-27-34)30-13-5-3-6-14-30)40-21-12-22-41-44(40)36-28-25-33(29-42(36)47-41)31-15-7-4-8-16-31/h3-29H,1-2H3. The molecule has 9 rings (SSSR count). The van der Waals surface area contributed by atoms with Crippen LogP contribution in [0.15, 0.2) is 168 Å². The number of fused-ring (bicyclic) bond motifs is 6. The average Bonchev–Trinajstić information content (AvgIpc) is 3.62. The van der Waals surface area contributed by atoms with Gasteiger partial charge in [-0.1, -0.05) is 135 Å². The molecule has 0 spiro atoms. The van der Waals surface area contributed by atoms with Crippen LogP contribution >= 0.6 is 0 Å². The summed E-state index contributed by atoms with van der Waals surface area (Å²) in [6.07, 6.45) is 0. The Morgan fingerprint density at radius 3 is 1.83 bits per heavy atom. The fraction of sp³-hybridized carbons (Fsp3) is 0.0667. The van der Waals surface area contributed by atoms with Gasteiger partial charge in [0.25, 0.3) is 0 Å². The monoisotopic (exact) mass is 603 g/mol. The molecule has 0 bridgehead atoms. The third-order valence-electron chi connectivity index (χ3n) is 9.88. The van der Waals surface area contributed by atoms with Crippen molar-refractivity contribution in [1.82, 2.24) is 0 Å². The van der Waals surface area contributed by atoms with E-state index in [-0.39, 0.29) is 5.41 Å². The summed E-state index contributed by atoms with van der Waals surface area (Å²) in [6.45, 7) is 4.68. The van der Waals surface area contributed by atoms with E-state index in [1.165, 1.54) is 38.9 Å². The first-order valence-electron chi connectivity index (χ1n) is 16.3. The molecule has 0 saturated heterocycles. The van der Waals surface area contributed by atoms with Crippen LogP contribution in [0.4, 0.5) is 17.1 Å². The van der Waals surface area contributed by atoms with Gasteiger partial charge >= 0.3 is 0 Å². The first-order valence-corrected chi connectivity index (χ1v) is 16.3. The Labute approximate surface area is 275 Å². The van der Waals surface area contributed by atoms with Gasteiger partial charge in [-0.15, -0.1) is 0 Å². The van der Waals surface area contributed by atoms with Crippen LogP contribution in [-0.4, -0.2) is 0 Å². The summed E-state index contributed by atoms with van der Waals surface area (Å²) in [7, 11) is 0. The van der Waals surface area contributed by atoms with Crippen LogP contribution in [0, 0.1) is 0 Å². The molecule has 0 amide bonds. The first-order chi connectivity index (χ1) is 23.1. The summed E-state index contributed by atoms with van der Waals surface area (Å²) in [6, 6.07) is 58.8. The Balaban J connectivity index is 1.30. The fourth-order valence-electron chi connectivity index (χ4n) is 7.57. The van der Waals surface area contributed by atoms with Gasteiger partial charge in [-0.25, -0.2) is 0 Å². The highest BCUT2D eigenvalue weighted by Gasteiger charge is 2.38. The largest absolute Gasteiger partial charge is 0.456 e. The van der Waals surface area contributed by atoms with Crippen molar-refractivity contribution in [2.24, 2.45) is 0 Å². The first kappa shape index (κ1) is 27.5. The highest BCUT2D eigenvalue weighted by Crippen LogP contribution is 2.55. The number of furan rings is 1. The van der Waals surface area contributed by atoms with E-state index in [1.807, 2.05) is 0 Å². The molecule has 1 heterocycles. The minimum atomic E-state index is -0.104. The van der Waals surface area contributed by atoms with Gasteiger partial charge in [0.15, 0.2) is 0 Å². The second kappa shape index (κ2) is 10.6. The minimum Gasteiger partial charge on any atom is -0.456 e. The zero-order chi connectivity index (χ0) is 31.5. The zero-order valence-corrected chi connectivity index (χ0v) is 26.4. The van der Waals surface area contributed by atoms with Gasteiger partial charge in [-0.05, 0) is 81.4 Å². The van der Waals surface area contributed by atoms with Crippen LogP contribution < -0.4 is 4.90 Å². The molecule has 7 aromatic carbocycles. The highest BCUT2D eigenvalue weighted by atomic mass is 16.3. The lowest BCUT2D eigenvalue weighted by atomic mass is 9.82. The average molecular weight is 604 g/mol. The third kappa shape index (κ3) is 4.33. The second-order valence-corrected chi connectivity index (χ2v) is 12.9. The lowest BCUT2D eigenvalue weighted by Gasteiger charge is -2.29. The maximum atomic E-state index is 6.61. The van der Waals surface area contributed by atoms with Gasteiger partial charge in [0.05, 0.1) is 16.8 Å². The Kier molecular flexibility index (Phi) is 6.20. The number of anilines is 3. The van der Waals surface area contributed by atoms with Gasteiger partial charge in [0, 0.05) is 22.1 Å². The molecular formula is C45H33NO. The molecule has 224 valence electrons. The lowest BCUT2D eigenvalue weighted by molar-refractivity contribution is 0.660. The molecule has 1 aliphatic carbocycles. The van der Waals surface area contributed by atoms with E-state index in [0.29, 0.717) is 0 Å². The molecule has 47 heavy (non-hydrogen) atoms. The Hall–Kier alpha value is -5.86. The molecular weight excluding hydrogens is 571 g/mol. The normalized spacial score (nSPS) is 13.1. The van der Waals surface area contributed by atoms with Gasteiger partial charge in [-0.2, -0.15) is 0 Å². The van der Waals surface area contributed by atoms with E-state index in [9.17, 15) is 0 Å². The van der Waals surface area contributed by atoms with Crippen LogP contribution in [0.5, 0.6) is 0 Å². The second-order valence-electron chi connectivity index (χ2n) is 12.9. The molecule has 0 saturated carbocycles. The predicted octanol–water partition coefficient (Wildman–Crippen LogP) is 12.7. The van der Waals surface area contributed by atoms with Crippen LogP contribution in [-0.2, 0) is 5.41 Å².